The zero-order chi connectivity index (χ0) is 23.1. The number of hydrogen-bond donors (Lipinski definition) is 1. The number of anilines is 2. The Morgan fingerprint density at radius 3 is 2.79 bits per heavy atom. The lowest BCUT2D eigenvalue weighted by Gasteiger charge is -2.30. The number of carbonyl (C=O) groups is 2. The number of amides is 2. The summed E-state index contributed by atoms with van der Waals surface area (Å²) in [5.41, 5.74) is 2.71. The molecule has 0 spiro atoms. The molecule has 0 bridgehead atoms. The summed E-state index contributed by atoms with van der Waals surface area (Å²) in [5, 5.41) is 3.43. The van der Waals surface area contributed by atoms with Gasteiger partial charge in [0.2, 0.25) is 11.8 Å². The van der Waals surface area contributed by atoms with E-state index in [-0.39, 0.29) is 17.9 Å². The molecule has 11 heteroatoms. The van der Waals surface area contributed by atoms with Crippen LogP contribution < -0.4 is 15.0 Å². The number of pyridine rings is 2. The van der Waals surface area contributed by atoms with E-state index in [4.69, 9.17) is 19.2 Å². The van der Waals surface area contributed by atoms with Gasteiger partial charge in [-0.2, -0.15) is 0 Å². The van der Waals surface area contributed by atoms with Gasteiger partial charge < -0.3 is 19.5 Å². The van der Waals surface area contributed by atoms with Crippen LogP contribution in [0, 0.1) is 5.92 Å². The van der Waals surface area contributed by atoms with Gasteiger partial charge in [-0.15, -0.1) is 0 Å². The van der Waals surface area contributed by atoms with E-state index in [1.807, 2.05) is 18.2 Å². The molecule has 3 aromatic rings. The third-order valence-electron chi connectivity index (χ3n) is 6.06. The molecule has 0 unspecified atom stereocenters. The maximum Gasteiger partial charge on any atom is 0.414 e. The number of hydrogen-bond acceptors (Lipinski definition) is 9. The third kappa shape index (κ3) is 4.28. The molecule has 34 heavy (non-hydrogen) atoms. The number of rotatable bonds is 4. The van der Waals surface area contributed by atoms with Crippen molar-refractivity contribution in [3.63, 3.8) is 0 Å². The molecule has 0 radical (unpaired) electrons. The monoisotopic (exact) mass is 481 g/mol. The van der Waals surface area contributed by atoms with E-state index in [0.717, 1.165) is 23.9 Å². The Hall–Kier alpha value is -3.31. The van der Waals surface area contributed by atoms with E-state index in [1.54, 1.807) is 11.1 Å². The van der Waals surface area contributed by atoms with Crippen LogP contribution in [-0.4, -0.2) is 59.4 Å². The van der Waals surface area contributed by atoms with Crippen LogP contribution in [0.1, 0.15) is 25.7 Å². The van der Waals surface area contributed by atoms with Gasteiger partial charge in [-0.25, -0.2) is 19.7 Å². The molecule has 3 aromatic heterocycles. The number of carbonyl (C=O) groups excluding carboxylic acids is 2. The van der Waals surface area contributed by atoms with Crippen molar-refractivity contribution in [1.29, 1.82) is 0 Å². The van der Waals surface area contributed by atoms with Crippen molar-refractivity contribution in [2.75, 3.05) is 36.6 Å². The maximum absolute atomic E-state index is 12.9. The lowest BCUT2D eigenvalue weighted by atomic mass is 10.1. The summed E-state index contributed by atoms with van der Waals surface area (Å²) < 4.78 is 16.7. The molecule has 176 valence electrons. The van der Waals surface area contributed by atoms with E-state index >= 15 is 0 Å². The van der Waals surface area contributed by atoms with Crippen molar-refractivity contribution in [3.8, 4) is 17.1 Å². The van der Waals surface area contributed by atoms with E-state index < -0.39 is 6.09 Å². The first kappa shape index (κ1) is 21.2. The fourth-order valence-electron chi connectivity index (χ4n) is 4.01. The van der Waals surface area contributed by atoms with Crippen molar-refractivity contribution >= 4 is 44.5 Å². The SMILES string of the molecule is O=C(Nc1nc2ccc(-c3cnc4c(c3)N(C(=O)OC3CCOCC3)CCO4)nc2s1)C1CC1. The molecule has 1 aliphatic carbocycles. The molecule has 1 saturated heterocycles. The van der Waals surface area contributed by atoms with Crippen molar-refractivity contribution < 1.29 is 23.8 Å². The fourth-order valence-corrected chi connectivity index (χ4v) is 4.85. The Morgan fingerprint density at radius 2 is 1.97 bits per heavy atom. The smallest absolute Gasteiger partial charge is 0.414 e. The Kier molecular flexibility index (Phi) is 5.50. The lowest BCUT2D eigenvalue weighted by Crippen LogP contribution is -2.41. The van der Waals surface area contributed by atoms with Crippen molar-refractivity contribution in [1.82, 2.24) is 15.0 Å². The number of fused-ring (bicyclic) bond motifs is 2. The number of nitrogens with one attached hydrogen (secondary N) is 1. The molecule has 1 saturated carbocycles. The predicted octanol–water partition coefficient (Wildman–Crippen LogP) is 3.62. The molecule has 5 heterocycles. The molecule has 2 amide bonds. The Labute approximate surface area is 199 Å². The molecule has 10 nitrogen and oxygen atoms in total. The summed E-state index contributed by atoms with van der Waals surface area (Å²) in [6, 6.07) is 5.57. The fraction of sp³-hybridized carbons (Fsp3) is 0.435. The van der Waals surface area contributed by atoms with Crippen LogP contribution in [0.15, 0.2) is 24.4 Å². The Bertz CT molecular complexity index is 1250. The lowest BCUT2D eigenvalue weighted by molar-refractivity contribution is -0.117. The summed E-state index contributed by atoms with van der Waals surface area (Å²) in [6.07, 6.45) is 4.40. The Balaban J connectivity index is 1.25. The average Bonchev–Trinajstić information content (AvgIpc) is 3.64. The van der Waals surface area contributed by atoms with Gasteiger partial charge in [0.05, 0.1) is 25.5 Å². The van der Waals surface area contributed by atoms with Crippen molar-refractivity contribution in [2.45, 2.75) is 31.8 Å². The average molecular weight is 482 g/mol. The summed E-state index contributed by atoms with van der Waals surface area (Å²) >= 11 is 1.34. The molecular weight excluding hydrogens is 458 g/mol. The van der Waals surface area contributed by atoms with Crippen LogP contribution in [0.2, 0.25) is 0 Å². The highest BCUT2D eigenvalue weighted by atomic mass is 32.1. The first-order valence-corrected chi connectivity index (χ1v) is 12.2. The van der Waals surface area contributed by atoms with Gasteiger partial charge in [-0.3, -0.25) is 9.69 Å². The quantitative estimate of drug-likeness (QED) is 0.601. The van der Waals surface area contributed by atoms with Crippen molar-refractivity contribution in [3.05, 3.63) is 24.4 Å². The first-order valence-electron chi connectivity index (χ1n) is 11.4. The standard InChI is InChI=1S/C23H23N5O5S/c29-19(13-1-2-13)27-22-26-17-4-3-16(25-21(17)34-22)14-11-18-20(24-12-14)32-10-7-28(18)23(30)33-15-5-8-31-9-6-15/h3-4,11-13,15H,1-2,5-10H2,(H,26,27,29). The van der Waals surface area contributed by atoms with Crippen LogP contribution in [0.4, 0.5) is 15.6 Å². The van der Waals surface area contributed by atoms with E-state index in [1.165, 1.54) is 11.3 Å². The van der Waals surface area contributed by atoms with Crippen LogP contribution in [0.25, 0.3) is 21.6 Å². The highest BCUT2D eigenvalue weighted by molar-refractivity contribution is 7.22. The molecule has 2 fully saturated rings. The summed E-state index contributed by atoms with van der Waals surface area (Å²) in [5.74, 6) is 0.522. The number of nitrogens with zero attached hydrogens (tertiary/aromatic N) is 4. The number of thiazole rings is 1. The van der Waals surface area contributed by atoms with Crippen LogP contribution in [-0.2, 0) is 14.3 Å². The summed E-state index contributed by atoms with van der Waals surface area (Å²) in [6.45, 7) is 1.93. The van der Waals surface area contributed by atoms with Gasteiger partial charge in [0.15, 0.2) is 5.13 Å². The van der Waals surface area contributed by atoms with Crippen LogP contribution in [0.3, 0.4) is 0 Å². The molecule has 0 atom stereocenters. The zero-order valence-corrected chi connectivity index (χ0v) is 19.2. The second-order valence-electron chi connectivity index (χ2n) is 8.55. The van der Waals surface area contributed by atoms with Gasteiger partial charge >= 0.3 is 6.09 Å². The minimum atomic E-state index is -0.405. The van der Waals surface area contributed by atoms with Crippen molar-refractivity contribution in [2.24, 2.45) is 5.92 Å². The molecule has 2 aliphatic heterocycles. The van der Waals surface area contributed by atoms with Gasteiger partial charge in [-0.05, 0) is 31.0 Å². The van der Waals surface area contributed by atoms with E-state index in [0.29, 0.717) is 66.4 Å². The molecule has 1 N–H and O–H groups in total. The van der Waals surface area contributed by atoms with Gasteiger partial charge in [0.25, 0.3) is 0 Å². The summed E-state index contributed by atoms with van der Waals surface area (Å²) in [7, 11) is 0. The third-order valence-corrected chi connectivity index (χ3v) is 6.94. The topological polar surface area (TPSA) is 116 Å². The predicted molar refractivity (Wildman–Crippen MR) is 125 cm³/mol. The minimum absolute atomic E-state index is 0.0193. The van der Waals surface area contributed by atoms with Gasteiger partial charge in [-0.1, -0.05) is 11.3 Å². The van der Waals surface area contributed by atoms with E-state index in [2.05, 4.69) is 15.3 Å². The summed E-state index contributed by atoms with van der Waals surface area (Å²) in [4.78, 5) is 40.9. The molecule has 3 aliphatic rings. The molecule has 0 aromatic carbocycles. The normalized spacial score (nSPS) is 18.3. The van der Waals surface area contributed by atoms with E-state index in [9.17, 15) is 9.59 Å². The number of ether oxygens (including phenoxy) is 3. The van der Waals surface area contributed by atoms with Crippen LogP contribution in [0.5, 0.6) is 5.88 Å². The number of aromatic nitrogens is 3. The largest absolute Gasteiger partial charge is 0.474 e. The van der Waals surface area contributed by atoms with Gasteiger partial charge in [0.1, 0.15) is 28.7 Å². The zero-order valence-electron chi connectivity index (χ0n) is 18.4. The maximum atomic E-state index is 12.9. The molecule has 6 rings (SSSR count). The van der Waals surface area contributed by atoms with Crippen LogP contribution >= 0.6 is 11.3 Å². The Morgan fingerprint density at radius 1 is 1.12 bits per heavy atom. The highest BCUT2D eigenvalue weighted by Gasteiger charge is 2.31. The van der Waals surface area contributed by atoms with Gasteiger partial charge in [0, 0.05) is 30.5 Å². The highest BCUT2D eigenvalue weighted by Crippen LogP contribution is 2.36. The second kappa shape index (κ2) is 8.80. The molecular formula is C23H23N5O5S. The first-order chi connectivity index (χ1) is 16.6. The second-order valence-corrected chi connectivity index (χ2v) is 9.52. The minimum Gasteiger partial charge on any atom is -0.474 e.